The quantitative estimate of drug-likeness (QED) is 0.534. The number of ether oxygens (including phenoxy) is 1. The highest BCUT2D eigenvalue weighted by Crippen LogP contribution is 2.29. The second-order valence-electron chi connectivity index (χ2n) is 5.75. The Bertz CT molecular complexity index is 749. The van der Waals surface area contributed by atoms with Crippen LogP contribution in [0.3, 0.4) is 0 Å². The number of nitro benzene ring substituents is 1. The van der Waals surface area contributed by atoms with Gasteiger partial charge in [0, 0.05) is 23.9 Å². The van der Waals surface area contributed by atoms with E-state index in [4.69, 9.17) is 4.74 Å². The lowest BCUT2D eigenvalue weighted by atomic mass is 10.1. The Labute approximate surface area is 157 Å². The first-order chi connectivity index (χ1) is 12.5. The van der Waals surface area contributed by atoms with Crippen molar-refractivity contribution in [1.29, 1.82) is 0 Å². The highest BCUT2D eigenvalue weighted by Gasteiger charge is 2.13. The zero-order valence-corrected chi connectivity index (χ0v) is 15.6. The zero-order chi connectivity index (χ0) is 18.9. The molecule has 1 amide bonds. The van der Waals surface area contributed by atoms with Crippen molar-refractivity contribution < 1.29 is 14.5 Å². The molecule has 138 valence electrons. The molecule has 2 aromatic carbocycles. The van der Waals surface area contributed by atoms with Gasteiger partial charge in [-0.05, 0) is 36.6 Å². The van der Waals surface area contributed by atoms with Gasteiger partial charge in [0.15, 0.2) is 0 Å². The zero-order valence-electron chi connectivity index (χ0n) is 14.8. The predicted molar refractivity (Wildman–Crippen MR) is 104 cm³/mol. The molecule has 0 aliphatic carbocycles. The fourth-order valence-corrected chi connectivity index (χ4v) is 3.22. The molecule has 0 bridgehead atoms. The molecule has 0 unspecified atom stereocenters. The van der Waals surface area contributed by atoms with Crippen molar-refractivity contribution in [1.82, 2.24) is 5.32 Å². The molecule has 2 aromatic rings. The number of amides is 1. The van der Waals surface area contributed by atoms with Crippen LogP contribution in [0.4, 0.5) is 5.69 Å². The summed E-state index contributed by atoms with van der Waals surface area (Å²) in [7, 11) is 1.63. The van der Waals surface area contributed by atoms with E-state index in [1.165, 1.54) is 17.8 Å². The number of hydrogen-bond acceptors (Lipinski definition) is 5. The lowest BCUT2D eigenvalue weighted by molar-refractivity contribution is -0.384. The second kappa shape index (κ2) is 9.82. The average Bonchev–Trinajstić information content (AvgIpc) is 2.66. The van der Waals surface area contributed by atoms with E-state index in [1.807, 2.05) is 37.3 Å². The minimum Gasteiger partial charge on any atom is -0.497 e. The Morgan fingerprint density at radius 2 is 2.00 bits per heavy atom. The van der Waals surface area contributed by atoms with Crippen molar-refractivity contribution in [3.8, 4) is 5.75 Å². The van der Waals surface area contributed by atoms with Gasteiger partial charge in [0.05, 0.1) is 17.8 Å². The number of nitrogens with one attached hydrogen (secondary N) is 1. The highest BCUT2D eigenvalue weighted by atomic mass is 32.2. The summed E-state index contributed by atoms with van der Waals surface area (Å²) in [4.78, 5) is 22.4. The fourth-order valence-electron chi connectivity index (χ4n) is 2.38. The van der Waals surface area contributed by atoms with Crippen LogP contribution in [0.25, 0.3) is 0 Å². The minimum atomic E-state index is -0.410. The standard InChI is InChI=1S/C19H22N2O4S/c1-14(16-4-3-5-17(12-16)21(23)24)26-13-19(22)20-11-10-15-6-8-18(25-2)9-7-15/h3-9,12,14H,10-11,13H2,1-2H3,(H,20,22)/t14-/m0/s1. The highest BCUT2D eigenvalue weighted by molar-refractivity contribution is 8.00. The molecule has 0 aliphatic rings. The van der Waals surface area contributed by atoms with Gasteiger partial charge >= 0.3 is 0 Å². The summed E-state index contributed by atoms with van der Waals surface area (Å²) in [6.07, 6.45) is 0.751. The van der Waals surface area contributed by atoms with E-state index in [1.54, 1.807) is 19.2 Å². The van der Waals surface area contributed by atoms with Gasteiger partial charge in [-0.3, -0.25) is 14.9 Å². The molecule has 0 saturated carbocycles. The van der Waals surface area contributed by atoms with Gasteiger partial charge in [0.2, 0.25) is 5.91 Å². The number of benzene rings is 2. The Morgan fingerprint density at radius 1 is 1.27 bits per heavy atom. The lowest BCUT2D eigenvalue weighted by Crippen LogP contribution is -2.27. The first kappa shape index (κ1) is 19.8. The van der Waals surface area contributed by atoms with Crippen LogP contribution in [0.1, 0.15) is 23.3 Å². The van der Waals surface area contributed by atoms with Crippen LogP contribution >= 0.6 is 11.8 Å². The Hall–Kier alpha value is -2.54. The topological polar surface area (TPSA) is 81.5 Å². The number of non-ortho nitro benzene ring substituents is 1. The third-order valence-corrected chi connectivity index (χ3v) is 5.11. The summed E-state index contributed by atoms with van der Waals surface area (Å²) >= 11 is 1.46. The Kier molecular flexibility index (Phi) is 7.47. The molecule has 1 atom stereocenters. The van der Waals surface area contributed by atoms with Gasteiger partial charge in [0.25, 0.3) is 5.69 Å². The number of carbonyl (C=O) groups is 1. The summed E-state index contributed by atoms with van der Waals surface area (Å²) in [5.74, 6) is 1.08. The number of rotatable bonds is 9. The van der Waals surface area contributed by atoms with Gasteiger partial charge in [-0.25, -0.2) is 0 Å². The molecule has 0 aromatic heterocycles. The first-order valence-electron chi connectivity index (χ1n) is 8.25. The molecule has 1 N–H and O–H groups in total. The second-order valence-corrected chi connectivity index (χ2v) is 7.08. The minimum absolute atomic E-state index is 0.00207. The lowest BCUT2D eigenvalue weighted by Gasteiger charge is -2.12. The van der Waals surface area contributed by atoms with E-state index in [2.05, 4.69) is 5.32 Å². The normalized spacial score (nSPS) is 11.6. The number of thioether (sulfide) groups is 1. The molecule has 2 rings (SSSR count). The van der Waals surface area contributed by atoms with E-state index in [0.717, 1.165) is 23.3 Å². The molecular weight excluding hydrogens is 352 g/mol. The maximum atomic E-state index is 12.0. The van der Waals surface area contributed by atoms with Crippen molar-refractivity contribution in [3.63, 3.8) is 0 Å². The van der Waals surface area contributed by atoms with Crippen molar-refractivity contribution >= 4 is 23.4 Å². The van der Waals surface area contributed by atoms with Crippen LogP contribution in [0, 0.1) is 10.1 Å². The van der Waals surface area contributed by atoms with Crippen LogP contribution in [0.2, 0.25) is 0 Å². The molecule has 7 heteroatoms. The summed E-state index contributed by atoms with van der Waals surface area (Å²) in [5.41, 5.74) is 2.04. The molecule has 0 heterocycles. The molecule has 26 heavy (non-hydrogen) atoms. The average molecular weight is 374 g/mol. The number of nitro groups is 1. The number of nitrogens with zero attached hydrogens (tertiary/aromatic N) is 1. The van der Waals surface area contributed by atoms with Crippen molar-refractivity contribution in [2.75, 3.05) is 19.4 Å². The smallest absolute Gasteiger partial charge is 0.269 e. The van der Waals surface area contributed by atoms with E-state index < -0.39 is 4.92 Å². The van der Waals surface area contributed by atoms with Crippen molar-refractivity contribution in [3.05, 3.63) is 69.8 Å². The van der Waals surface area contributed by atoms with Crippen LogP contribution in [0.5, 0.6) is 5.75 Å². The molecule has 0 fully saturated rings. The maximum Gasteiger partial charge on any atom is 0.269 e. The monoisotopic (exact) mass is 374 g/mol. The fraction of sp³-hybridized carbons (Fsp3) is 0.316. The summed E-state index contributed by atoms with van der Waals surface area (Å²) < 4.78 is 5.11. The predicted octanol–water partition coefficient (Wildman–Crippen LogP) is 3.76. The van der Waals surface area contributed by atoms with Crippen LogP contribution in [-0.2, 0) is 11.2 Å². The largest absolute Gasteiger partial charge is 0.497 e. The molecule has 0 aliphatic heterocycles. The van der Waals surface area contributed by atoms with Crippen molar-refractivity contribution in [2.24, 2.45) is 0 Å². The van der Waals surface area contributed by atoms with E-state index in [9.17, 15) is 14.9 Å². The van der Waals surface area contributed by atoms with Crippen LogP contribution in [0.15, 0.2) is 48.5 Å². The SMILES string of the molecule is COc1ccc(CCNC(=O)CS[C@@H](C)c2cccc([N+](=O)[O-])c2)cc1. The molecule has 0 spiro atoms. The molecule has 0 saturated heterocycles. The van der Waals surface area contributed by atoms with Crippen LogP contribution in [-0.4, -0.2) is 30.2 Å². The summed E-state index contributed by atoms with van der Waals surface area (Å²) in [6, 6.07) is 14.3. The Balaban J connectivity index is 1.73. The van der Waals surface area contributed by atoms with Gasteiger partial charge in [-0.1, -0.05) is 24.3 Å². The van der Waals surface area contributed by atoms with Gasteiger partial charge in [0.1, 0.15) is 5.75 Å². The summed E-state index contributed by atoms with van der Waals surface area (Å²) in [6.45, 7) is 2.51. The first-order valence-corrected chi connectivity index (χ1v) is 9.30. The van der Waals surface area contributed by atoms with E-state index >= 15 is 0 Å². The van der Waals surface area contributed by atoms with Crippen LogP contribution < -0.4 is 10.1 Å². The van der Waals surface area contributed by atoms with Crippen molar-refractivity contribution in [2.45, 2.75) is 18.6 Å². The van der Waals surface area contributed by atoms with Gasteiger partial charge in [-0.15, -0.1) is 11.8 Å². The summed E-state index contributed by atoms with van der Waals surface area (Å²) in [5, 5.41) is 13.7. The van der Waals surface area contributed by atoms with E-state index in [0.29, 0.717) is 12.3 Å². The number of carbonyl (C=O) groups excluding carboxylic acids is 1. The van der Waals surface area contributed by atoms with Gasteiger partial charge in [-0.2, -0.15) is 0 Å². The molecule has 6 nitrogen and oxygen atoms in total. The Morgan fingerprint density at radius 3 is 2.65 bits per heavy atom. The van der Waals surface area contributed by atoms with E-state index in [-0.39, 0.29) is 16.8 Å². The van der Waals surface area contributed by atoms with Gasteiger partial charge < -0.3 is 10.1 Å². The maximum absolute atomic E-state index is 12.0. The molecular formula is C19H22N2O4S. The number of hydrogen-bond donors (Lipinski definition) is 1. The third kappa shape index (κ3) is 6.07. The third-order valence-electron chi connectivity index (χ3n) is 3.91. The molecule has 0 radical (unpaired) electrons. The number of methoxy groups -OCH3 is 1.